The van der Waals surface area contributed by atoms with E-state index in [2.05, 4.69) is 15.8 Å². The minimum Gasteiger partial charge on any atom is -0.497 e. The molecule has 0 saturated carbocycles. The van der Waals surface area contributed by atoms with Gasteiger partial charge in [-0.3, -0.25) is 25.4 Å². The van der Waals surface area contributed by atoms with Crippen LogP contribution in [0.3, 0.4) is 0 Å². The topological polar surface area (TPSA) is 89.5 Å². The number of nitrogens with one attached hydrogen (secondary N) is 2. The van der Waals surface area contributed by atoms with Crippen molar-refractivity contribution in [1.82, 2.24) is 15.8 Å². The van der Waals surface area contributed by atoms with Gasteiger partial charge >= 0.3 is 0 Å². The second-order valence-corrected chi connectivity index (χ2v) is 4.18. The van der Waals surface area contributed by atoms with Crippen molar-refractivity contribution in [2.24, 2.45) is 0 Å². The molecule has 0 radical (unpaired) electrons. The van der Waals surface area contributed by atoms with Crippen molar-refractivity contribution in [3.8, 4) is 11.5 Å². The molecule has 0 bridgehead atoms. The average Bonchev–Trinajstić information content (AvgIpc) is 2.58. The zero-order valence-electron chi connectivity index (χ0n) is 11.9. The molecule has 2 amide bonds. The SMILES string of the molecule is COc1cccc(OCC(=O)NNC(=O)c2ccccn2)c1. The van der Waals surface area contributed by atoms with Gasteiger partial charge in [0.1, 0.15) is 17.2 Å². The molecule has 1 aromatic carbocycles. The third kappa shape index (κ3) is 4.48. The van der Waals surface area contributed by atoms with Crippen molar-refractivity contribution >= 4 is 11.8 Å². The first-order valence-electron chi connectivity index (χ1n) is 6.46. The van der Waals surface area contributed by atoms with E-state index in [9.17, 15) is 9.59 Å². The number of methoxy groups -OCH3 is 1. The molecule has 2 aromatic rings. The van der Waals surface area contributed by atoms with Crippen molar-refractivity contribution < 1.29 is 19.1 Å². The van der Waals surface area contributed by atoms with Crippen LogP contribution in [0.5, 0.6) is 11.5 Å². The van der Waals surface area contributed by atoms with Crippen molar-refractivity contribution in [3.05, 3.63) is 54.4 Å². The summed E-state index contributed by atoms with van der Waals surface area (Å²) in [6, 6.07) is 11.8. The van der Waals surface area contributed by atoms with Crippen LogP contribution in [0.25, 0.3) is 0 Å². The van der Waals surface area contributed by atoms with E-state index in [4.69, 9.17) is 9.47 Å². The third-order valence-corrected chi connectivity index (χ3v) is 2.62. The van der Waals surface area contributed by atoms with Crippen LogP contribution in [0.2, 0.25) is 0 Å². The number of benzene rings is 1. The van der Waals surface area contributed by atoms with E-state index < -0.39 is 11.8 Å². The molecule has 7 heteroatoms. The highest BCUT2D eigenvalue weighted by molar-refractivity contribution is 5.93. The Kier molecular flexibility index (Phi) is 5.31. The molecule has 2 rings (SSSR count). The normalized spacial score (nSPS) is 9.68. The van der Waals surface area contributed by atoms with E-state index in [-0.39, 0.29) is 12.3 Å². The number of carbonyl (C=O) groups excluding carboxylic acids is 2. The number of hydrazine groups is 1. The Balaban J connectivity index is 1.77. The Morgan fingerprint density at radius 2 is 1.91 bits per heavy atom. The predicted molar refractivity (Wildman–Crippen MR) is 78.3 cm³/mol. The zero-order valence-corrected chi connectivity index (χ0v) is 11.9. The number of carbonyl (C=O) groups is 2. The summed E-state index contributed by atoms with van der Waals surface area (Å²) in [5.74, 6) is 0.120. The van der Waals surface area contributed by atoms with Crippen LogP contribution >= 0.6 is 0 Å². The quantitative estimate of drug-likeness (QED) is 0.802. The highest BCUT2D eigenvalue weighted by atomic mass is 16.5. The number of aromatic nitrogens is 1. The lowest BCUT2D eigenvalue weighted by atomic mass is 10.3. The molecular formula is C15H15N3O4. The van der Waals surface area contributed by atoms with Crippen molar-refractivity contribution in [3.63, 3.8) is 0 Å². The summed E-state index contributed by atoms with van der Waals surface area (Å²) in [4.78, 5) is 27.1. The van der Waals surface area contributed by atoms with E-state index in [1.807, 2.05) is 0 Å². The maximum atomic E-state index is 11.7. The van der Waals surface area contributed by atoms with E-state index in [1.165, 1.54) is 12.3 Å². The van der Waals surface area contributed by atoms with Gasteiger partial charge in [-0.25, -0.2) is 0 Å². The highest BCUT2D eigenvalue weighted by Crippen LogP contribution is 2.18. The monoisotopic (exact) mass is 301 g/mol. The van der Waals surface area contributed by atoms with Crippen LogP contribution in [-0.4, -0.2) is 30.5 Å². The summed E-state index contributed by atoms with van der Waals surface area (Å²) in [5.41, 5.74) is 4.70. The first kappa shape index (κ1) is 15.3. The second kappa shape index (κ2) is 7.63. The maximum Gasteiger partial charge on any atom is 0.288 e. The Morgan fingerprint density at radius 1 is 1.09 bits per heavy atom. The number of rotatable bonds is 5. The first-order chi connectivity index (χ1) is 10.7. The van der Waals surface area contributed by atoms with Gasteiger partial charge < -0.3 is 9.47 Å². The van der Waals surface area contributed by atoms with Gasteiger partial charge in [-0.1, -0.05) is 12.1 Å². The standard InChI is InChI=1S/C15H15N3O4/c1-21-11-5-4-6-12(9-11)22-10-14(19)17-18-15(20)13-7-2-3-8-16-13/h2-9H,10H2,1H3,(H,17,19)(H,18,20). The molecule has 1 aromatic heterocycles. The number of hydrogen-bond donors (Lipinski definition) is 2. The minimum absolute atomic E-state index is 0.205. The molecule has 0 aliphatic heterocycles. The Hall–Kier alpha value is -3.09. The van der Waals surface area contributed by atoms with Gasteiger partial charge in [0.15, 0.2) is 6.61 Å². The van der Waals surface area contributed by atoms with Crippen molar-refractivity contribution in [1.29, 1.82) is 0 Å². The maximum absolute atomic E-state index is 11.7. The molecule has 22 heavy (non-hydrogen) atoms. The van der Waals surface area contributed by atoms with E-state index in [0.29, 0.717) is 11.5 Å². The van der Waals surface area contributed by atoms with Crippen LogP contribution in [-0.2, 0) is 4.79 Å². The molecule has 0 spiro atoms. The molecule has 0 fully saturated rings. The molecule has 1 heterocycles. The molecule has 2 N–H and O–H groups in total. The van der Waals surface area contributed by atoms with Crippen LogP contribution in [0.15, 0.2) is 48.7 Å². The van der Waals surface area contributed by atoms with E-state index in [1.54, 1.807) is 43.5 Å². The third-order valence-electron chi connectivity index (χ3n) is 2.62. The Labute approximate surface area is 127 Å². The lowest BCUT2D eigenvalue weighted by Gasteiger charge is -2.09. The van der Waals surface area contributed by atoms with Gasteiger partial charge in [-0.2, -0.15) is 0 Å². The van der Waals surface area contributed by atoms with Crippen molar-refractivity contribution in [2.75, 3.05) is 13.7 Å². The highest BCUT2D eigenvalue weighted by Gasteiger charge is 2.08. The minimum atomic E-state index is -0.504. The molecule has 7 nitrogen and oxygen atoms in total. The first-order valence-corrected chi connectivity index (χ1v) is 6.46. The summed E-state index contributed by atoms with van der Waals surface area (Å²) in [6.07, 6.45) is 1.49. The summed E-state index contributed by atoms with van der Waals surface area (Å²) in [5, 5.41) is 0. The number of pyridine rings is 1. The van der Waals surface area contributed by atoms with Gasteiger partial charge in [-0.15, -0.1) is 0 Å². The van der Waals surface area contributed by atoms with Crippen LogP contribution in [0.4, 0.5) is 0 Å². The zero-order chi connectivity index (χ0) is 15.8. The fourth-order valence-electron chi connectivity index (χ4n) is 1.56. The molecule has 0 unspecified atom stereocenters. The van der Waals surface area contributed by atoms with E-state index in [0.717, 1.165) is 0 Å². The average molecular weight is 301 g/mol. The van der Waals surface area contributed by atoms with Gasteiger partial charge in [0.05, 0.1) is 7.11 Å². The lowest BCUT2D eigenvalue weighted by molar-refractivity contribution is -0.123. The van der Waals surface area contributed by atoms with Gasteiger partial charge in [0.25, 0.3) is 11.8 Å². The molecule has 0 aliphatic rings. The van der Waals surface area contributed by atoms with Crippen LogP contribution in [0.1, 0.15) is 10.5 Å². The molecule has 0 saturated heterocycles. The van der Waals surface area contributed by atoms with Crippen LogP contribution < -0.4 is 20.3 Å². The predicted octanol–water partition coefficient (Wildman–Crippen LogP) is 0.930. The number of nitrogens with zero attached hydrogens (tertiary/aromatic N) is 1. The van der Waals surface area contributed by atoms with Gasteiger partial charge in [0, 0.05) is 12.3 Å². The molecule has 114 valence electrons. The number of hydrogen-bond acceptors (Lipinski definition) is 5. The number of ether oxygens (including phenoxy) is 2. The van der Waals surface area contributed by atoms with Gasteiger partial charge in [0.2, 0.25) is 0 Å². The fraction of sp³-hybridized carbons (Fsp3) is 0.133. The largest absolute Gasteiger partial charge is 0.497 e. The van der Waals surface area contributed by atoms with E-state index >= 15 is 0 Å². The Bertz CT molecular complexity index is 646. The smallest absolute Gasteiger partial charge is 0.288 e. The second-order valence-electron chi connectivity index (χ2n) is 4.18. The molecule has 0 atom stereocenters. The number of amides is 2. The fourth-order valence-corrected chi connectivity index (χ4v) is 1.56. The molecular weight excluding hydrogens is 286 g/mol. The summed E-state index contributed by atoms with van der Waals surface area (Å²) < 4.78 is 10.3. The van der Waals surface area contributed by atoms with Crippen molar-refractivity contribution in [2.45, 2.75) is 0 Å². The van der Waals surface area contributed by atoms with Gasteiger partial charge in [-0.05, 0) is 24.3 Å². The summed E-state index contributed by atoms with van der Waals surface area (Å²) >= 11 is 0. The molecule has 0 aliphatic carbocycles. The summed E-state index contributed by atoms with van der Waals surface area (Å²) in [7, 11) is 1.54. The van der Waals surface area contributed by atoms with Crippen LogP contribution in [0, 0.1) is 0 Å². The summed E-state index contributed by atoms with van der Waals surface area (Å²) in [6.45, 7) is -0.240. The Morgan fingerprint density at radius 3 is 2.64 bits per heavy atom. The lowest BCUT2D eigenvalue weighted by Crippen LogP contribution is -2.44.